The van der Waals surface area contributed by atoms with Crippen LogP contribution in [0.3, 0.4) is 0 Å². The fourth-order valence-electron chi connectivity index (χ4n) is 3.41. The molecule has 166 valence electrons. The first kappa shape index (κ1) is 22.9. The van der Waals surface area contributed by atoms with E-state index in [1.54, 1.807) is 48.5 Å². The standard InChI is InChI=1S/C24H28O7/c1-17-14-20(30-23(2,3)27)31-24(17,15-28-21(25)18-10-6-4-7-11-18)16-29-22(26)19-12-8-5-9-13-19/h4-13,17,20,27H,14-16H2,1-3H3/t17-,20-/m0/s1. The summed E-state index contributed by atoms with van der Waals surface area (Å²) in [6, 6.07) is 17.2. The van der Waals surface area contributed by atoms with Gasteiger partial charge in [0.2, 0.25) is 0 Å². The number of rotatable bonds is 8. The smallest absolute Gasteiger partial charge is 0.338 e. The van der Waals surface area contributed by atoms with E-state index in [4.69, 9.17) is 18.9 Å². The van der Waals surface area contributed by atoms with Crippen LogP contribution >= 0.6 is 0 Å². The van der Waals surface area contributed by atoms with E-state index in [2.05, 4.69) is 0 Å². The average Bonchev–Trinajstić information content (AvgIpc) is 3.05. The van der Waals surface area contributed by atoms with Gasteiger partial charge in [0.15, 0.2) is 12.1 Å². The predicted octanol–water partition coefficient (Wildman–Crippen LogP) is 3.57. The second kappa shape index (κ2) is 9.60. The maximum absolute atomic E-state index is 12.5. The number of carbonyl (C=O) groups is 2. The first-order valence-electron chi connectivity index (χ1n) is 10.2. The molecule has 1 aliphatic heterocycles. The van der Waals surface area contributed by atoms with Crippen LogP contribution in [-0.4, -0.2) is 47.9 Å². The fraction of sp³-hybridized carbons (Fsp3) is 0.417. The molecular formula is C24H28O7. The van der Waals surface area contributed by atoms with Gasteiger partial charge in [0.1, 0.15) is 18.8 Å². The zero-order valence-electron chi connectivity index (χ0n) is 17.9. The molecule has 1 saturated heterocycles. The predicted molar refractivity (Wildman–Crippen MR) is 112 cm³/mol. The molecule has 2 aromatic rings. The Bertz CT molecular complexity index is 818. The zero-order chi connectivity index (χ0) is 22.5. The SMILES string of the molecule is C[C@H]1C[C@@H](OC(C)(C)O)OC1(COC(=O)c1ccccc1)COC(=O)c1ccccc1. The van der Waals surface area contributed by atoms with E-state index < -0.39 is 29.6 Å². The van der Waals surface area contributed by atoms with Gasteiger partial charge >= 0.3 is 11.9 Å². The summed E-state index contributed by atoms with van der Waals surface area (Å²) in [5.74, 6) is -2.58. The number of esters is 2. The molecule has 1 aliphatic rings. The van der Waals surface area contributed by atoms with Crippen molar-refractivity contribution in [2.45, 2.75) is 44.9 Å². The molecule has 1 N–H and O–H groups in total. The van der Waals surface area contributed by atoms with Gasteiger partial charge in [-0.15, -0.1) is 0 Å². The highest BCUT2D eigenvalue weighted by molar-refractivity contribution is 5.89. The molecule has 7 heteroatoms. The van der Waals surface area contributed by atoms with Gasteiger partial charge in [0.05, 0.1) is 11.1 Å². The van der Waals surface area contributed by atoms with E-state index in [0.29, 0.717) is 17.5 Å². The lowest BCUT2D eigenvalue weighted by Gasteiger charge is -2.32. The van der Waals surface area contributed by atoms with Crippen molar-refractivity contribution in [3.8, 4) is 0 Å². The Morgan fingerprint density at radius 2 is 1.42 bits per heavy atom. The molecule has 0 unspecified atom stereocenters. The van der Waals surface area contributed by atoms with E-state index in [1.165, 1.54) is 13.8 Å². The van der Waals surface area contributed by atoms with Crippen molar-refractivity contribution in [3.05, 3.63) is 71.8 Å². The Balaban J connectivity index is 1.73. The summed E-state index contributed by atoms with van der Waals surface area (Å²) in [6.45, 7) is 4.66. The molecule has 31 heavy (non-hydrogen) atoms. The van der Waals surface area contributed by atoms with Gasteiger partial charge in [0.25, 0.3) is 0 Å². The van der Waals surface area contributed by atoms with Crippen LogP contribution in [0.4, 0.5) is 0 Å². The minimum absolute atomic E-state index is 0.129. The fourth-order valence-corrected chi connectivity index (χ4v) is 3.41. The van der Waals surface area contributed by atoms with Gasteiger partial charge in [-0.3, -0.25) is 0 Å². The van der Waals surface area contributed by atoms with Gasteiger partial charge in [-0.25, -0.2) is 9.59 Å². The molecule has 0 bridgehead atoms. The van der Waals surface area contributed by atoms with E-state index in [-0.39, 0.29) is 19.1 Å². The number of aliphatic hydroxyl groups is 1. The zero-order valence-corrected chi connectivity index (χ0v) is 17.9. The van der Waals surface area contributed by atoms with Crippen molar-refractivity contribution in [2.24, 2.45) is 5.92 Å². The molecule has 0 amide bonds. The minimum atomic E-state index is -1.40. The van der Waals surface area contributed by atoms with Crippen LogP contribution in [0.25, 0.3) is 0 Å². The highest BCUT2D eigenvalue weighted by Gasteiger charge is 2.50. The number of hydrogen-bond acceptors (Lipinski definition) is 7. The molecule has 3 rings (SSSR count). The molecular weight excluding hydrogens is 400 g/mol. The minimum Gasteiger partial charge on any atom is -0.459 e. The van der Waals surface area contributed by atoms with E-state index in [9.17, 15) is 14.7 Å². The molecule has 1 fully saturated rings. The van der Waals surface area contributed by atoms with Gasteiger partial charge in [-0.2, -0.15) is 0 Å². The van der Waals surface area contributed by atoms with Crippen molar-refractivity contribution in [1.29, 1.82) is 0 Å². The summed E-state index contributed by atoms with van der Waals surface area (Å²) < 4.78 is 22.7. The van der Waals surface area contributed by atoms with Crippen LogP contribution in [0.1, 0.15) is 47.9 Å². The highest BCUT2D eigenvalue weighted by atomic mass is 16.8. The van der Waals surface area contributed by atoms with E-state index in [0.717, 1.165) is 0 Å². The van der Waals surface area contributed by atoms with Gasteiger partial charge < -0.3 is 24.1 Å². The van der Waals surface area contributed by atoms with Crippen LogP contribution in [0.15, 0.2) is 60.7 Å². The monoisotopic (exact) mass is 428 g/mol. The Labute approximate surface area is 181 Å². The summed E-state index contributed by atoms with van der Waals surface area (Å²) in [7, 11) is 0. The second-order valence-corrected chi connectivity index (χ2v) is 8.20. The third-order valence-electron chi connectivity index (χ3n) is 5.14. The highest BCUT2D eigenvalue weighted by Crippen LogP contribution is 2.39. The lowest BCUT2D eigenvalue weighted by molar-refractivity contribution is -0.286. The summed E-state index contributed by atoms with van der Waals surface area (Å²) in [4.78, 5) is 24.9. The maximum Gasteiger partial charge on any atom is 0.338 e. The number of benzene rings is 2. The third kappa shape index (κ3) is 6.13. The van der Waals surface area contributed by atoms with Crippen molar-refractivity contribution in [1.82, 2.24) is 0 Å². The molecule has 0 spiro atoms. The molecule has 0 aliphatic carbocycles. The molecule has 1 heterocycles. The molecule has 2 aromatic carbocycles. The molecule has 0 saturated carbocycles. The van der Waals surface area contributed by atoms with Crippen LogP contribution < -0.4 is 0 Å². The Morgan fingerprint density at radius 3 is 1.84 bits per heavy atom. The van der Waals surface area contributed by atoms with Crippen molar-refractivity contribution in [3.63, 3.8) is 0 Å². The van der Waals surface area contributed by atoms with Crippen molar-refractivity contribution >= 4 is 11.9 Å². The van der Waals surface area contributed by atoms with Gasteiger partial charge in [-0.05, 0) is 44.0 Å². The Kier molecular flexibility index (Phi) is 7.10. The second-order valence-electron chi connectivity index (χ2n) is 8.20. The average molecular weight is 428 g/mol. The normalized spacial score (nSPS) is 20.3. The van der Waals surface area contributed by atoms with Gasteiger partial charge in [-0.1, -0.05) is 43.3 Å². The quantitative estimate of drug-likeness (QED) is 0.508. The number of ether oxygens (including phenoxy) is 4. The summed E-state index contributed by atoms with van der Waals surface area (Å²) >= 11 is 0. The van der Waals surface area contributed by atoms with E-state index >= 15 is 0 Å². The first-order chi connectivity index (χ1) is 14.7. The van der Waals surface area contributed by atoms with Crippen LogP contribution in [0.5, 0.6) is 0 Å². The summed E-state index contributed by atoms with van der Waals surface area (Å²) in [5, 5.41) is 10.00. The van der Waals surface area contributed by atoms with Crippen molar-refractivity contribution in [2.75, 3.05) is 13.2 Å². The van der Waals surface area contributed by atoms with E-state index in [1.807, 2.05) is 19.1 Å². The summed E-state index contributed by atoms with van der Waals surface area (Å²) in [6.07, 6.45) is -0.295. The largest absolute Gasteiger partial charge is 0.459 e. The van der Waals surface area contributed by atoms with Crippen molar-refractivity contribution < 1.29 is 33.6 Å². The lowest BCUT2D eigenvalue weighted by atomic mass is 9.90. The van der Waals surface area contributed by atoms with Crippen LogP contribution in [0.2, 0.25) is 0 Å². The van der Waals surface area contributed by atoms with Crippen LogP contribution in [-0.2, 0) is 18.9 Å². The number of carbonyl (C=O) groups excluding carboxylic acids is 2. The summed E-state index contributed by atoms with van der Waals surface area (Å²) in [5.41, 5.74) is -0.284. The Morgan fingerprint density at radius 1 is 0.968 bits per heavy atom. The van der Waals surface area contributed by atoms with Gasteiger partial charge in [0, 0.05) is 6.42 Å². The third-order valence-corrected chi connectivity index (χ3v) is 5.14. The molecule has 0 radical (unpaired) electrons. The Hall–Kier alpha value is -2.74. The topological polar surface area (TPSA) is 91.3 Å². The number of hydrogen-bond donors (Lipinski definition) is 1. The lowest BCUT2D eigenvalue weighted by Crippen LogP contribution is -2.46. The van der Waals surface area contributed by atoms with Crippen LogP contribution in [0, 0.1) is 5.92 Å². The molecule has 0 aromatic heterocycles. The first-order valence-corrected chi connectivity index (χ1v) is 10.2. The maximum atomic E-state index is 12.5. The molecule has 2 atom stereocenters. The molecule has 7 nitrogen and oxygen atoms in total.